The number of likely N-dealkylation sites (tertiary alicyclic amines) is 1. The van der Waals surface area contributed by atoms with E-state index in [0.29, 0.717) is 30.5 Å². The molecule has 0 aromatic heterocycles. The molecule has 0 unspecified atom stereocenters. The molecule has 0 aliphatic carbocycles. The first kappa shape index (κ1) is 35.7. The summed E-state index contributed by atoms with van der Waals surface area (Å²) in [6, 6.07) is 9.60. The molecule has 4 rings (SSSR count). The van der Waals surface area contributed by atoms with Gasteiger partial charge in [0.25, 0.3) is 0 Å². The summed E-state index contributed by atoms with van der Waals surface area (Å²) >= 11 is 0. The molecule has 2 aliphatic heterocycles. The number of phosphoric ester groups is 1. The maximum absolute atomic E-state index is 13.7. The maximum atomic E-state index is 13.7. The molecule has 2 aliphatic rings. The van der Waals surface area contributed by atoms with Crippen molar-refractivity contribution in [3.63, 3.8) is 0 Å². The molecule has 3 atom stereocenters. The Morgan fingerprint density at radius 3 is 2.17 bits per heavy atom. The summed E-state index contributed by atoms with van der Waals surface area (Å²) in [7, 11) is -5.24. The molecule has 2 fully saturated rings. The van der Waals surface area contributed by atoms with E-state index < -0.39 is 61.2 Å². The van der Waals surface area contributed by atoms with E-state index in [4.69, 9.17) is 9.47 Å². The fourth-order valence-corrected chi connectivity index (χ4v) is 6.11. The van der Waals surface area contributed by atoms with Gasteiger partial charge in [0.05, 0.1) is 56.0 Å². The van der Waals surface area contributed by atoms with Gasteiger partial charge in [0, 0.05) is 19.4 Å². The van der Waals surface area contributed by atoms with Crippen molar-refractivity contribution in [3.8, 4) is 0 Å². The van der Waals surface area contributed by atoms with Crippen LogP contribution in [0.25, 0.3) is 0 Å². The van der Waals surface area contributed by atoms with Crippen LogP contribution in [0.4, 0.5) is 31.1 Å². The number of hydrogen-bond acceptors (Lipinski definition) is 8. The van der Waals surface area contributed by atoms with Gasteiger partial charge in [-0.15, -0.1) is 0 Å². The molecule has 2 heterocycles. The van der Waals surface area contributed by atoms with Crippen molar-refractivity contribution in [1.82, 2.24) is 10.2 Å². The van der Waals surface area contributed by atoms with Crippen LogP contribution in [0.1, 0.15) is 67.4 Å². The van der Waals surface area contributed by atoms with E-state index >= 15 is 0 Å². The van der Waals surface area contributed by atoms with Crippen molar-refractivity contribution < 1.29 is 64.3 Å². The minimum atomic E-state index is -5.24. The third-order valence-electron chi connectivity index (χ3n) is 8.18. The van der Waals surface area contributed by atoms with Crippen LogP contribution in [-0.4, -0.2) is 48.8 Å². The number of halogens is 6. The highest BCUT2D eigenvalue weighted by molar-refractivity contribution is 7.43. The normalized spacial score (nSPS) is 23.0. The lowest BCUT2D eigenvalue weighted by Gasteiger charge is -2.52. The topological polar surface area (TPSA) is 140 Å². The number of piperidine rings is 1. The van der Waals surface area contributed by atoms with Crippen LogP contribution >= 0.6 is 7.82 Å². The second kappa shape index (κ2) is 13.5. The van der Waals surface area contributed by atoms with E-state index in [9.17, 15) is 50.3 Å². The van der Waals surface area contributed by atoms with Crippen molar-refractivity contribution in [1.29, 1.82) is 0 Å². The molecule has 17 heteroatoms. The summed E-state index contributed by atoms with van der Waals surface area (Å²) in [5.74, 6) is -0.229. The highest BCUT2D eigenvalue weighted by atomic mass is 31.2. The van der Waals surface area contributed by atoms with Gasteiger partial charge in [0.2, 0.25) is 5.91 Å². The molecule has 2 aromatic rings. The molecule has 2 saturated heterocycles. The van der Waals surface area contributed by atoms with Gasteiger partial charge in [0.1, 0.15) is 0 Å². The van der Waals surface area contributed by atoms with E-state index in [1.54, 1.807) is 30.3 Å². The van der Waals surface area contributed by atoms with Crippen LogP contribution in [-0.2, 0) is 41.2 Å². The van der Waals surface area contributed by atoms with Gasteiger partial charge in [0.15, 0.2) is 0 Å². The Balaban J connectivity index is 1.66. The zero-order chi connectivity index (χ0) is 34.0. The minimum absolute atomic E-state index is 0.0217. The first-order valence-electron chi connectivity index (χ1n) is 14.2. The molecule has 254 valence electrons. The quantitative estimate of drug-likeness (QED) is 0.214. The van der Waals surface area contributed by atoms with Crippen LogP contribution < -0.4 is 15.1 Å². The van der Waals surface area contributed by atoms with Crippen molar-refractivity contribution in [2.75, 3.05) is 26.4 Å². The second-order valence-electron chi connectivity index (χ2n) is 11.4. The SMILES string of the molecule is C[C@@H](OC[C@@]1(c2ccccc2)CC[C@]2(CCC(=O)N2)CN1C(=O)OCCCOP(=O)([O-])[O-])c1cc(C(F)(F)F)cc(C(F)(F)F)c1. The number of nitrogens with zero attached hydrogens (tertiary/aromatic N) is 1. The Morgan fingerprint density at radius 1 is 1.00 bits per heavy atom. The van der Waals surface area contributed by atoms with Gasteiger partial charge in [-0.2, -0.15) is 26.3 Å². The van der Waals surface area contributed by atoms with E-state index in [2.05, 4.69) is 9.84 Å². The second-order valence-corrected chi connectivity index (χ2v) is 12.5. The van der Waals surface area contributed by atoms with Gasteiger partial charge in [-0.25, -0.2) is 4.79 Å². The molecule has 0 saturated carbocycles. The smallest absolute Gasteiger partial charge is 0.416 e. The summed E-state index contributed by atoms with van der Waals surface area (Å²) in [4.78, 5) is 48.6. The molecule has 1 spiro atoms. The Morgan fingerprint density at radius 2 is 1.63 bits per heavy atom. The van der Waals surface area contributed by atoms with Crippen LogP contribution in [0.5, 0.6) is 0 Å². The summed E-state index contributed by atoms with van der Waals surface area (Å²) in [6.07, 6.45) is -11.4. The first-order chi connectivity index (χ1) is 21.3. The number of nitrogens with one attached hydrogen (secondary N) is 1. The third kappa shape index (κ3) is 8.59. The number of benzene rings is 2. The van der Waals surface area contributed by atoms with E-state index in [1.165, 1.54) is 11.8 Å². The van der Waals surface area contributed by atoms with Gasteiger partial charge in [-0.1, -0.05) is 30.3 Å². The van der Waals surface area contributed by atoms with Crippen LogP contribution in [0.3, 0.4) is 0 Å². The highest BCUT2D eigenvalue weighted by Gasteiger charge is 2.54. The van der Waals surface area contributed by atoms with E-state index in [1.807, 2.05) is 0 Å². The van der Waals surface area contributed by atoms with Crippen molar-refractivity contribution >= 4 is 19.8 Å². The molecule has 2 amide bonds. The standard InChI is InChI=1S/C29H33F6N2O8P/c1-19(20-14-22(28(30,31)32)16-23(15-20)29(33,34)35)44-18-27(21-6-3-2-4-7-21)11-10-26(9-8-24(38)36-26)17-37(27)25(39)43-12-5-13-45-46(40,41)42/h2-4,6-7,14-16,19H,5,8-13,17-18H2,1H3,(H,36,38)(H2,40,41,42)/p-2/t19-,26-,27-/m1/s1. The number of ether oxygens (including phenoxy) is 2. The summed E-state index contributed by atoms with van der Waals surface area (Å²) in [6.45, 7) is -0.0597. The fourth-order valence-electron chi connectivity index (χ4n) is 5.76. The number of alkyl halides is 6. The molecular formula is C29H31F6N2O8P-2. The van der Waals surface area contributed by atoms with Gasteiger partial charge in [-0.05, 0) is 55.5 Å². The average molecular weight is 681 g/mol. The summed E-state index contributed by atoms with van der Waals surface area (Å²) in [5.41, 5.74) is -5.04. The molecule has 1 N–H and O–H groups in total. The third-order valence-corrected chi connectivity index (χ3v) is 8.68. The van der Waals surface area contributed by atoms with Gasteiger partial charge < -0.3 is 33.7 Å². The lowest BCUT2D eigenvalue weighted by atomic mass is 9.74. The number of phosphoric acid groups is 1. The zero-order valence-corrected chi connectivity index (χ0v) is 25.4. The lowest BCUT2D eigenvalue weighted by Crippen LogP contribution is -2.65. The number of carbonyl (C=O) groups excluding carboxylic acids is 2. The highest BCUT2D eigenvalue weighted by Crippen LogP contribution is 2.45. The lowest BCUT2D eigenvalue weighted by molar-refractivity contribution is -0.341. The molecule has 0 bridgehead atoms. The Hall–Kier alpha value is -3.17. The molecule has 2 aromatic carbocycles. The van der Waals surface area contributed by atoms with Crippen LogP contribution in [0, 0.1) is 0 Å². The number of amides is 2. The Bertz CT molecular complexity index is 1420. The Labute approximate surface area is 260 Å². The first-order valence-corrected chi connectivity index (χ1v) is 15.7. The van der Waals surface area contributed by atoms with E-state index in [-0.39, 0.29) is 56.6 Å². The molecule has 46 heavy (non-hydrogen) atoms. The summed E-state index contributed by atoms with van der Waals surface area (Å²) < 4.78 is 107. The predicted molar refractivity (Wildman–Crippen MR) is 145 cm³/mol. The monoisotopic (exact) mass is 680 g/mol. The predicted octanol–water partition coefficient (Wildman–Crippen LogP) is 4.81. The molecular weight excluding hydrogens is 649 g/mol. The van der Waals surface area contributed by atoms with Gasteiger partial charge in [-0.3, -0.25) is 9.69 Å². The largest absolute Gasteiger partial charge is 0.790 e. The fraction of sp³-hybridized carbons (Fsp3) is 0.517. The van der Waals surface area contributed by atoms with Crippen LogP contribution in [0.15, 0.2) is 48.5 Å². The Kier molecular flexibility index (Phi) is 10.5. The molecule has 0 radical (unpaired) electrons. The van der Waals surface area contributed by atoms with Crippen LogP contribution in [0.2, 0.25) is 0 Å². The van der Waals surface area contributed by atoms with Gasteiger partial charge >= 0.3 is 18.4 Å². The average Bonchev–Trinajstić information content (AvgIpc) is 3.34. The molecule has 10 nitrogen and oxygen atoms in total. The minimum Gasteiger partial charge on any atom is -0.790 e. The van der Waals surface area contributed by atoms with E-state index in [0.717, 1.165) is 0 Å². The maximum Gasteiger partial charge on any atom is 0.416 e. The number of carbonyl (C=O) groups is 2. The zero-order valence-electron chi connectivity index (χ0n) is 24.5. The summed E-state index contributed by atoms with van der Waals surface area (Å²) in [5, 5.41) is 2.90. The number of rotatable bonds is 10. The van der Waals surface area contributed by atoms with Crippen molar-refractivity contribution in [2.45, 2.75) is 68.6 Å². The van der Waals surface area contributed by atoms with Crippen molar-refractivity contribution in [2.24, 2.45) is 0 Å². The van der Waals surface area contributed by atoms with Crippen molar-refractivity contribution in [3.05, 3.63) is 70.8 Å². The number of hydrogen-bond donors (Lipinski definition) is 1.